The van der Waals surface area contributed by atoms with Crippen molar-refractivity contribution in [2.45, 2.75) is 13.5 Å². The number of rotatable bonds is 4. The third kappa shape index (κ3) is 3.41. The lowest BCUT2D eigenvalue weighted by Crippen LogP contribution is -2.00. The highest BCUT2D eigenvalue weighted by Crippen LogP contribution is 2.27. The Morgan fingerprint density at radius 2 is 2.00 bits per heavy atom. The minimum atomic E-state index is 0.232. The molecule has 0 fully saturated rings. The van der Waals surface area contributed by atoms with Crippen LogP contribution in [0.4, 0.5) is 5.69 Å². The van der Waals surface area contributed by atoms with Gasteiger partial charge in [0.2, 0.25) is 0 Å². The van der Waals surface area contributed by atoms with Crippen LogP contribution in [0.25, 0.3) is 0 Å². The van der Waals surface area contributed by atoms with Crippen molar-refractivity contribution in [3.8, 4) is 11.5 Å². The topological polar surface area (TPSA) is 41.5 Å². The molecule has 0 radical (unpaired) electrons. The molecule has 0 aromatic heterocycles. The highest BCUT2D eigenvalue weighted by molar-refractivity contribution is 9.10. The smallest absolute Gasteiger partial charge is 0.124 e. The molecular formula is C15H16BrNO2. The van der Waals surface area contributed by atoms with Crippen molar-refractivity contribution < 1.29 is 9.84 Å². The number of phenolic OH excluding ortho intramolecular Hbond substituents is 1. The molecule has 3 nitrogen and oxygen atoms in total. The molecule has 0 amide bonds. The molecule has 2 N–H and O–H groups in total. The molecule has 19 heavy (non-hydrogen) atoms. The van der Waals surface area contributed by atoms with Crippen LogP contribution in [-0.2, 0) is 6.54 Å². The van der Waals surface area contributed by atoms with Gasteiger partial charge in [-0.3, -0.25) is 0 Å². The summed E-state index contributed by atoms with van der Waals surface area (Å²) < 4.78 is 6.07. The van der Waals surface area contributed by atoms with Crippen LogP contribution in [0.3, 0.4) is 0 Å². The van der Waals surface area contributed by atoms with Crippen LogP contribution in [0, 0.1) is 6.92 Å². The molecule has 0 unspecified atom stereocenters. The summed E-state index contributed by atoms with van der Waals surface area (Å²) in [6.07, 6.45) is 0. The number of methoxy groups -OCH3 is 1. The summed E-state index contributed by atoms with van der Waals surface area (Å²) in [5.74, 6) is 0.882. The summed E-state index contributed by atoms with van der Waals surface area (Å²) in [7, 11) is 1.58. The van der Waals surface area contributed by atoms with E-state index in [4.69, 9.17) is 4.74 Å². The fourth-order valence-electron chi connectivity index (χ4n) is 1.77. The number of ether oxygens (including phenoxy) is 1. The van der Waals surface area contributed by atoms with Gasteiger partial charge in [0.05, 0.1) is 7.11 Å². The van der Waals surface area contributed by atoms with Crippen LogP contribution in [-0.4, -0.2) is 12.2 Å². The maximum Gasteiger partial charge on any atom is 0.124 e. The molecule has 0 saturated carbocycles. The van der Waals surface area contributed by atoms with E-state index in [0.717, 1.165) is 15.7 Å². The van der Waals surface area contributed by atoms with Crippen molar-refractivity contribution in [3.63, 3.8) is 0 Å². The number of anilines is 1. The molecule has 0 aliphatic heterocycles. The van der Waals surface area contributed by atoms with Crippen LogP contribution in [0.15, 0.2) is 40.9 Å². The number of aryl methyl sites for hydroxylation is 1. The highest BCUT2D eigenvalue weighted by atomic mass is 79.9. The minimum absolute atomic E-state index is 0.232. The van der Waals surface area contributed by atoms with Crippen LogP contribution >= 0.6 is 15.9 Å². The van der Waals surface area contributed by atoms with Crippen LogP contribution in [0.2, 0.25) is 0 Å². The summed E-state index contributed by atoms with van der Waals surface area (Å²) in [5, 5.41) is 13.2. The van der Waals surface area contributed by atoms with E-state index in [-0.39, 0.29) is 5.75 Å². The first-order chi connectivity index (χ1) is 9.10. The summed E-state index contributed by atoms with van der Waals surface area (Å²) in [4.78, 5) is 0. The number of aromatic hydroxyl groups is 1. The zero-order chi connectivity index (χ0) is 13.8. The van der Waals surface area contributed by atoms with Crippen LogP contribution < -0.4 is 10.1 Å². The average molecular weight is 322 g/mol. The molecule has 0 bridgehead atoms. The van der Waals surface area contributed by atoms with Crippen molar-refractivity contribution in [2.24, 2.45) is 0 Å². The first-order valence-corrected chi connectivity index (χ1v) is 6.75. The summed E-state index contributed by atoms with van der Waals surface area (Å²) in [5.41, 5.74) is 3.03. The molecule has 100 valence electrons. The number of halogens is 1. The summed E-state index contributed by atoms with van der Waals surface area (Å²) >= 11 is 3.52. The van der Waals surface area contributed by atoms with Gasteiger partial charge in [-0.05, 0) is 52.7 Å². The predicted octanol–water partition coefficient (Wildman–Crippen LogP) is 4.08. The Balaban J connectivity index is 2.10. The first kappa shape index (κ1) is 13.7. The maximum absolute atomic E-state index is 9.88. The van der Waals surface area contributed by atoms with E-state index in [1.807, 2.05) is 31.2 Å². The Morgan fingerprint density at radius 1 is 1.21 bits per heavy atom. The van der Waals surface area contributed by atoms with Gasteiger partial charge < -0.3 is 15.2 Å². The van der Waals surface area contributed by atoms with Crippen molar-refractivity contribution in [2.75, 3.05) is 12.4 Å². The van der Waals surface area contributed by atoms with Crippen LogP contribution in [0.5, 0.6) is 11.5 Å². The molecule has 2 aromatic rings. The van der Waals surface area contributed by atoms with Crippen LogP contribution in [0.1, 0.15) is 11.1 Å². The lowest BCUT2D eigenvalue weighted by atomic mass is 10.1. The van der Waals surface area contributed by atoms with Gasteiger partial charge in [0.15, 0.2) is 0 Å². The number of phenols is 1. The molecule has 0 saturated heterocycles. The molecule has 0 heterocycles. The van der Waals surface area contributed by atoms with Gasteiger partial charge in [-0.15, -0.1) is 0 Å². The molecule has 0 atom stereocenters. The van der Waals surface area contributed by atoms with E-state index in [1.165, 1.54) is 5.56 Å². The zero-order valence-electron chi connectivity index (χ0n) is 10.9. The van der Waals surface area contributed by atoms with Gasteiger partial charge in [0.1, 0.15) is 11.5 Å². The number of benzene rings is 2. The van der Waals surface area contributed by atoms with Gasteiger partial charge in [0.25, 0.3) is 0 Å². The van der Waals surface area contributed by atoms with Crippen molar-refractivity contribution in [1.82, 2.24) is 0 Å². The third-order valence-electron chi connectivity index (χ3n) is 2.89. The monoisotopic (exact) mass is 321 g/mol. The van der Waals surface area contributed by atoms with E-state index in [9.17, 15) is 5.11 Å². The largest absolute Gasteiger partial charge is 0.507 e. The lowest BCUT2D eigenvalue weighted by molar-refractivity contribution is 0.406. The van der Waals surface area contributed by atoms with Gasteiger partial charge in [0, 0.05) is 28.3 Å². The number of hydrogen-bond acceptors (Lipinski definition) is 3. The fraction of sp³-hybridized carbons (Fsp3) is 0.200. The Hall–Kier alpha value is -1.68. The lowest BCUT2D eigenvalue weighted by Gasteiger charge is -2.11. The van der Waals surface area contributed by atoms with Gasteiger partial charge in [-0.25, -0.2) is 0 Å². The second kappa shape index (κ2) is 5.97. The Labute approximate surface area is 121 Å². The van der Waals surface area contributed by atoms with E-state index >= 15 is 0 Å². The summed E-state index contributed by atoms with van der Waals surface area (Å²) in [6, 6.07) is 11.4. The van der Waals surface area contributed by atoms with Gasteiger partial charge in [-0.2, -0.15) is 0 Å². The second-order valence-electron chi connectivity index (χ2n) is 4.33. The van der Waals surface area contributed by atoms with Crippen molar-refractivity contribution in [1.29, 1.82) is 0 Å². The number of nitrogens with one attached hydrogen (secondary N) is 1. The van der Waals surface area contributed by atoms with E-state index in [1.54, 1.807) is 13.2 Å². The zero-order valence-corrected chi connectivity index (χ0v) is 12.5. The molecule has 4 heteroatoms. The third-order valence-corrected chi connectivity index (χ3v) is 3.54. The van der Waals surface area contributed by atoms with E-state index in [2.05, 4.69) is 27.3 Å². The summed E-state index contributed by atoms with van der Waals surface area (Å²) in [6.45, 7) is 2.60. The molecule has 0 spiro atoms. The minimum Gasteiger partial charge on any atom is -0.507 e. The normalized spacial score (nSPS) is 10.3. The molecule has 2 rings (SSSR count). The maximum atomic E-state index is 9.88. The van der Waals surface area contributed by atoms with Gasteiger partial charge in [-0.1, -0.05) is 6.07 Å². The second-order valence-corrected chi connectivity index (χ2v) is 5.19. The Kier molecular flexibility index (Phi) is 4.32. The molecular weight excluding hydrogens is 306 g/mol. The molecule has 0 aliphatic rings. The standard InChI is InChI=1S/C15H16BrNO2/c1-10-3-6-14(13(16)7-10)17-9-11-4-5-12(19-2)8-15(11)18/h3-8,17-18H,9H2,1-2H3. The average Bonchev–Trinajstić information content (AvgIpc) is 2.39. The van der Waals surface area contributed by atoms with E-state index in [0.29, 0.717) is 12.3 Å². The number of hydrogen-bond donors (Lipinski definition) is 2. The highest BCUT2D eigenvalue weighted by Gasteiger charge is 2.04. The Morgan fingerprint density at radius 3 is 2.63 bits per heavy atom. The Bertz CT molecular complexity index is 584. The molecule has 0 aliphatic carbocycles. The molecule has 2 aromatic carbocycles. The van der Waals surface area contributed by atoms with Crippen molar-refractivity contribution in [3.05, 3.63) is 52.0 Å². The predicted molar refractivity (Wildman–Crippen MR) is 80.9 cm³/mol. The first-order valence-electron chi connectivity index (χ1n) is 5.96. The quantitative estimate of drug-likeness (QED) is 0.891. The fourth-order valence-corrected chi connectivity index (χ4v) is 2.41. The van der Waals surface area contributed by atoms with Crippen molar-refractivity contribution >= 4 is 21.6 Å². The van der Waals surface area contributed by atoms with E-state index < -0.39 is 0 Å². The SMILES string of the molecule is COc1ccc(CNc2ccc(C)cc2Br)c(O)c1. The van der Waals surface area contributed by atoms with Gasteiger partial charge >= 0.3 is 0 Å².